The number of aliphatic carboxylic acids is 1. The lowest BCUT2D eigenvalue weighted by Gasteiger charge is -2.38. The van der Waals surface area contributed by atoms with Gasteiger partial charge >= 0.3 is 5.97 Å². The van der Waals surface area contributed by atoms with E-state index in [1.807, 2.05) is 79.0 Å². The van der Waals surface area contributed by atoms with Gasteiger partial charge in [0.15, 0.2) is 6.29 Å². The maximum Gasteiger partial charge on any atom is 0.303 e. The van der Waals surface area contributed by atoms with Crippen LogP contribution in [0.4, 0.5) is 0 Å². The molecular formula is C39H45N3O6. The first-order valence-electron chi connectivity index (χ1n) is 16.6. The van der Waals surface area contributed by atoms with E-state index in [0.717, 1.165) is 58.6 Å². The van der Waals surface area contributed by atoms with E-state index in [4.69, 9.17) is 14.6 Å². The van der Waals surface area contributed by atoms with Crippen LogP contribution in [0, 0.1) is 0 Å². The molecule has 0 unspecified atom stereocenters. The molecule has 5 rings (SSSR count). The summed E-state index contributed by atoms with van der Waals surface area (Å²) in [6, 6.07) is 30.2. The Balaban J connectivity index is 1.27. The summed E-state index contributed by atoms with van der Waals surface area (Å²) >= 11 is 0. The summed E-state index contributed by atoms with van der Waals surface area (Å²) in [5, 5.41) is 21.3. The monoisotopic (exact) mass is 651 g/mol. The van der Waals surface area contributed by atoms with Crippen molar-refractivity contribution in [2.75, 3.05) is 20.1 Å². The van der Waals surface area contributed by atoms with Crippen molar-refractivity contribution in [3.63, 3.8) is 0 Å². The molecule has 1 saturated heterocycles. The highest BCUT2D eigenvalue weighted by atomic mass is 16.7. The Morgan fingerprint density at radius 1 is 0.875 bits per heavy atom. The highest BCUT2D eigenvalue weighted by molar-refractivity contribution is 5.76. The zero-order valence-electron chi connectivity index (χ0n) is 27.5. The number of unbranched alkanes of at least 4 members (excludes halogenated alkanes) is 1. The van der Waals surface area contributed by atoms with Crippen LogP contribution in [0.3, 0.4) is 0 Å². The maximum atomic E-state index is 12.3. The molecule has 3 N–H and O–H groups in total. The van der Waals surface area contributed by atoms with Gasteiger partial charge in [-0.25, -0.2) is 0 Å². The van der Waals surface area contributed by atoms with Gasteiger partial charge in [0.25, 0.3) is 0 Å². The number of nitrogens with one attached hydrogen (secondary N) is 1. The highest BCUT2D eigenvalue weighted by Crippen LogP contribution is 2.39. The van der Waals surface area contributed by atoms with Gasteiger partial charge in [-0.2, -0.15) is 0 Å². The Labute approximate surface area is 282 Å². The average molecular weight is 652 g/mol. The fourth-order valence-electron chi connectivity index (χ4n) is 5.90. The number of benzene rings is 3. The molecule has 9 nitrogen and oxygen atoms in total. The molecule has 0 spiro atoms. The summed E-state index contributed by atoms with van der Waals surface area (Å²) in [6.07, 6.45) is 3.99. The van der Waals surface area contributed by atoms with Gasteiger partial charge in [-0.05, 0) is 72.0 Å². The number of hydrogen-bond donors (Lipinski definition) is 3. The van der Waals surface area contributed by atoms with E-state index in [-0.39, 0.29) is 31.1 Å². The van der Waals surface area contributed by atoms with Crippen LogP contribution in [0.25, 0.3) is 11.1 Å². The predicted molar refractivity (Wildman–Crippen MR) is 184 cm³/mol. The second-order valence-corrected chi connectivity index (χ2v) is 12.4. The number of aliphatic hydroxyl groups excluding tert-OH is 1. The number of aliphatic hydroxyl groups is 1. The molecule has 0 saturated carbocycles. The Bertz CT molecular complexity index is 1610. The maximum absolute atomic E-state index is 12.3. The van der Waals surface area contributed by atoms with E-state index in [0.29, 0.717) is 32.2 Å². The second-order valence-electron chi connectivity index (χ2n) is 12.4. The molecule has 0 bridgehead atoms. The topological polar surface area (TPSA) is 121 Å². The number of ether oxygens (including phenoxy) is 2. The van der Waals surface area contributed by atoms with Gasteiger partial charge in [-0.3, -0.25) is 14.6 Å². The first kappa shape index (κ1) is 34.9. The molecular weight excluding hydrogens is 606 g/mol. The fourth-order valence-corrected chi connectivity index (χ4v) is 5.90. The SMILES string of the molecule is CN(CCc1ccccn1)C[C@@H]1C[C@H](c2ccc(CO)cc2)O[C@H](c2cccc(-c3cccc(CNC(=O)CCCCC(=O)O)c3)c2)O1. The van der Waals surface area contributed by atoms with Crippen LogP contribution in [0.5, 0.6) is 0 Å². The summed E-state index contributed by atoms with van der Waals surface area (Å²) < 4.78 is 13.2. The van der Waals surface area contributed by atoms with Crippen molar-refractivity contribution >= 4 is 11.9 Å². The summed E-state index contributed by atoms with van der Waals surface area (Å²) in [5.41, 5.74) is 6.90. The van der Waals surface area contributed by atoms with Gasteiger partial charge in [-0.1, -0.05) is 66.7 Å². The molecule has 3 atom stereocenters. The van der Waals surface area contributed by atoms with Crippen LogP contribution >= 0.6 is 0 Å². The quantitative estimate of drug-likeness (QED) is 0.122. The van der Waals surface area contributed by atoms with Gasteiger partial charge < -0.3 is 29.9 Å². The molecule has 0 aliphatic carbocycles. The van der Waals surface area contributed by atoms with Gasteiger partial charge in [0.2, 0.25) is 5.91 Å². The van der Waals surface area contributed by atoms with Crippen LogP contribution in [-0.2, 0) is 38.6 Å². The first-order chi connectivity index (χ1) is 23.4. The lowest BCUT2D eigenvalue weighted by atomic mass is 9.98. The van der Waals surface area contributed by atoms with Gasteiger partial charge in [0.05, 0.1) is 18.8 Å². The molecule has 252 valence electrons. The third-order valence-corrected chi connectivity index (χ3v) is 8.56. The Morgan fingerprint density at radius 2 is 1.65 bits per heavy atom. The molecule has 2 heterocycles. The molecule has 4 aromatic rings. The predicted octanol–water partition coefficient (Wildman–Crippen LogP) is 6.22. The normalized spacial score (nSPS) is 17.7. The summed E-state index contributed by atoms with van der Waals surface area (Å²) in [7, 11) is 2.11. The minimum atomic E-state index is -0.842. The minimum Gasteiger partial charge on any atom is -0.481 e. The average Bonchev–Trinajstić information content (AvgIpc) is 3.12. The number of carboxylic acid groups (broad SMARTS) is 1. The molecule has 1 fully saturated rings. The number of rotatable bonds is 16. The van der Waals surface area contributed by atoms with Gasteiger partial charge in [0.1, 0.15) is 0 Å². The number of aromatic nitrogens is 1. The van der Waals surface area contributed by atoms with Gasteiger partial charge in [0, 0.05) is 62.8 Å². The Kier molecular flexibility index (Phi) is 12.8. The standard InChI is InChI=1S/C39H45N3O6/c1-42(21-19-34-12-4-5-20-40-34)26-35-24-36(30-17-15-28(27-43)16-18-30)48-39(47-35)33-11-7-10-32(23-33)31-9-6-8-29(22-31)25-41-37(44)13-2-3-14-38(45)46/h4-12,15-18,20,22-23,35-36,39,43H,2-3,13-14,19,21,24-27H2,1H3,(H,41,44)(H,45,46)/t35-,36+,39+/m0/s1. The highest BCUT2D eigenvalue weighted by Gasteiger charge is 2.33. The van der Waals surface area contributed by atoms with Crippen molar-refractivity contribution in [3.05, 3.63) is 125 Å². The first-order valence-corrected chi connectivity index (χ1v) is 16.6. The number of hydrogen-bond acceptors (Lipinski definition) is 7. The Hall–Kier alpha value is -4.41. The Morgan fingerprint density at radius 3 is 2.40 bits per heavy atom. The smallest absolute Gasteiger partial charge is 0.303 e. The lowest BCUT2D eigenvalue weighted by molar-refractivity contribution is -0.252. The molecule has 48 heavy (non-hydrogen) atoms. The van der Waals surface area contributed by atoms with Crippen LogP contribution < -0.4 is 5.32 Å². The number of nitrogens with zero attached hydrogens (tertiary/aromatic N) is 2. The third-order valence-electron chi connectivity index (χ3n) is 8.56. The van der Waals surface area contributed by atoms with Crippen LogP contribution in [-0.4, -0.2) is 58.2 Å². The number of pyridine rings is 1. The fraction of sp³-hybridized carbons (Fsp3) is 0.359. The lowest BCUT2D eigenvalue weighted by Crippen LogP contribution is -2.38. The van der Waals surface area contributed by atoms with E-state index >= 15 is 0 Å². The van der Waals surface area contributed by atoms with E-state index in [1.165, 1.54) is 0 Å². The number of carbonyl (C=O) groups excluding carboxylic acids is 1. The zero-order valence-corrected chi connectivity index (χ0v) is 27.5. The molecule has 1 amide bonds. The molecule has 1 aromatic heterocycles. The summed E-state index contributed by atoms with van der Waals surface area (Å²) in [4.78, 5) is 29.7. The number of amides is 1. The van der Waals surface area contributed by atoms with Crippen molar-refractivity contribution in [2.24, 2.45) is 0 Å². The number of carboxylic acids is 1. The van der Waals surface area contributed by atoms with E-state index < -0.39 is 12.3 Å². The van der Waals surface area contributed by atoms with Crippen LogP contribution in [0.1, 0.15) is 72.4 Å². The van der Waals surface area contributed by atoms with Crippen molar-refractivity contribution < 1.29 is 29.3 Å². The van der Waals surface area contributed by atoms with Gasteiger partial charge in [-0.15, -0.1) is 0 Å². The minimum absolute atomic E-state index is 0.00378. The van der Waals surface area contributed by atoms with E-state index in [9.17, 15) is 14.7 Å². The zero-order chi connectivity index (χ0) is 33.7. The summed E-state index contributed by atoms with van der Waals surface area (Å²) in [5.74, 6) is -0.928. The summed E-state index contributed by atoms with van der Waals surface area (Å²) in [6.45, 7) is 1.99. The van der Waals surface area contributed by atoms with Crippen LogP contribution in [0.15, 0.2) is 97.2 Å². The van der Waals surface area contributed by atoms with Crippen molar-refractivity contribution in [1.29, 1.82) is 0 Å². The largest absolute Gasteiger partial charge is 0.481 e. The second kappa shape index (κ2) is 17.7. The third kappa shape index (κ3) is 10.6. The molecule has 0 radical (unpaired) electrons. The van der Waals surface area contributed by atoms with E-state index in [1.54, 1.807) is 0 Å². The number of likely N-dealkylation sites (N-methyl/N-ethyl adjacent to an activating group) is 1. The number of carbonyl (C=O) groups is 2. The molecule has 1 aliphatic rings. The molecule has 3 aromatic carbocycles. The molecule has 9 heteroatoms. The van der Waals surface area contributed by atoms with Crippen molar-refractivity contribution in [2.45, 2.75) is 70.2 Å². The van der Waals surface area contributed by atoms with E-state index in [2.05, 4.69) is 40.4 Å². The van der Waals surface area contributed by atoms with Crippen molar-refractivity contribution in [3.8, 4) is 11.1 Å². The van der Waals surface area contributed by atoms with Crippen LogP contribution in [0.2, 0.25) is 0 Å². The van der Waals surface area contributed by atoms with Crippen molar-refractivity contribution in [1.82, 2.24) is 15.2 Å². The molecule has 1 aliphatic heterocycles.